The minimum absolute atomic E-state index is 0.912. The molecule has 4 nitrogen and oxygen atoms in total. The first-order chi connectivity index (χ1) is 15.4. The Labute approximate surface area is 186 Å². The van der Waals surface area contributed by atoms with Gasteiger partial charge in [0.2, 0.25) is 0 Å². The van der Waals surface area contributed by atoms with Gasteiger partial charge in [-0.15, -0.1) is 0 Å². The summed E-state index contributed by atoms with van der Waals surface area (Å²) >= 11 is 0. The van der Waals surface area contributed by atoms with Crippen LogP contribution in [0.1, 0.15) is 32.1 Å². The molecule has 5 rings (SSSR count). The number of aromatic nitrogens is 2. The highest BCUT2D eigenvalue weighted by molar-refractivity contribution is 5.78. The third kappa shape index (κ3) is 4.80. The zero-order valence-electron chi connectivity index (χ0n) is 18.3. The Morgan fingerprint density at radius 3 is 1.97 bits per heavy atom. The molecule has 2 aliphatic rings. The van der Waals surface area contributed by atoms with Crippen molar-refractivity contribution in [3.63, 3.8) is 0 Å². The predicted octanol–water partition coefficient (Wildman–Crippen LogP) is 5.51. The van der Waals surface area contributed by atoms with Gasteiger partial charge in [0, 0.05) is 43.9 Å². The molecule has 0 spiro atoms. The lowest BCUT2D eigenvalue weighted by Crippen LogP contribution is -2.48. The Hall–Kier alpha value is -2.72. The maximum Gasteiger partial charge on any atom is 0.147 e. The first-order valence-corrected chi connectivity index (χ1v) is 11.8. The fourth-order valence-corrected chi connectivity index (χ4v) is 5.03. The molecule has 0 atom stereocenters. The third-order valence-corrected chi connectivity index (χ3v) is 6.79. The molecule has 1 aliphatic carbocycles. The van der Waals surface area contributed by atoms with Crippen LogP contribution in [0, 0.1) is 5.92 Å². The highest BCUT2D eigenvalue weighted by atomic mass is 15.3. The van der Waals surface area contributed by atoms with Gasteiger partial charge >= 0.3 is 0 Å². The fraction of sp³-hybridized carbons (Fsp3) is 0.407. The van der Waals surface area contributed by atoms with E-state index in [9.17, 15) is 0 Å². The van der Waals surface area contributed by atoms with Crippen LogP contribution in [0.4, 0.5) is 5.82 Å². The molecular formula is C27H32N4. The molecule has 1 saturated heterocycles. The minimum Gasteiger partial charge on any atom is -0.353 e. The van der Waals surface area contributed by atoms with Gasteiger partial charge in [0.25, 0.3) is 0 Å². The van der Waals surface area contributed by atoms with Crippen molar-refractivity contribution in [1.82, 2.24) is 14.9 Å². The van der Waals surface area contributed by atoms with E-state index >= 15 is 0 Å². The van der Waals surface area contributed by atoms with Crippen molar-refractivity contribution < 1.29 is 0 Å². The van der Waals surface area contributed by atoms with Crippen LogP contribution in [-0.2, 0) is 0 Å². The Bertz CT molecular complexity index is 959. The summed E-state index contributed by atoms with van der Waals surface area (Å²) in [6, 6.07) is 20.8. The van der Waals surface area contributed by atoms with Gasteiger partial charge in [-0.2, -0.15) is 0 Å². The summed E-state index contributed by atoms with van der Waals surface area (Å²) < 4.78 is 0. The topological polar surface area (TPSA) is 32.3 Å². The number of piperazine rings is 1. The van der Waals surface area contributed by atoms with Gasteiger partial charge in [-0.25, -0.2) is 4.98 Å². The molecule has 1 aliphatic heterocycles. The molecule has 0 bridgehead atoms. The van der Waals surface area contributed by atoms with Crippen LogP contribution in [-0.4, -0.2) is 47.6 Å². The normalized spacial score (nSPS) is 18.3. The second-order valence-corrected chi connectivity index (χ2v) is 8.95. The van der Waals surface area contributed by atoms with Gasteiger partial charge < -0.3 is 4.90 Å². The Kier molecular flexibility index (Phi) is 6.26. The molecule has 2 fully saturated rings. The highest BCUT2D eigenvalue weighted by Gasteiger charge is 2.23. The van der Waals surface area contributed by atoms with Crippen LogP contribution in [0.3, 0.4) is 0 Å². The molecule has 1 saturated carbocycles. The van der Waals surface area contributed by atoms with E-state index in [1.54, 1.807) is 0 Å². The van der Waals surface area contributed by atoms with E-state index in [0.717, 1.165) is 60.4 Å². The monoisotopic (exact) mass is 412 g/mol. The van der Waals surface area contributed by atoms with Crippen molar-refractivity contribution >= 4 is 5.82 Å². The lowest BCUT2D eigenvalue weighted by atomic mass is 9.89. The zero-order chi connectivity index (χ0) is 20.9. The fourth-order valence-electron chi connectivity index (χ4n) is 5.03. The number of hydrogen-bond acceptors (Lipinski definition) is 4. The molecular weight excluding hydrogens is 380 g/mol. The van der Waals surface area contributed by atoms with Crippen LogP contribution in [0.2, 0.25) is 0 Å². The molecule has 160 valence electrons. The van der Waals surface area contributed by atoms with E-state index in [4.69, 9.17) is 9.97 Å². The molecule has 0 N–H and O–H groups in total. The first kappa shape index (κ1) is 20.2. The Morgan fingerprint density at radius 2 is 1.32 bits per heavy atom. The number of hydrogen-bond donors (Lipinski definition) is 0. The molecule has 31 heavy (non-hydrogen) atoms. The second kappa shape index (κ2) is 9.61. The zero-order valence-corrected chi connectivity index (χ0v) is 18.3. The molecule has 1 aromatic heterocycles. The quantitative estimate of drug-likeness (QED) is 0.553. The number of nitrogens with zero attached hydrogens (tertiary/aromatic N) is 4. The second-order valence-electron chi connectivity index (χ2n) is 8.95. The summed E-state index contributed by atoms with van der Waals surface area (Å²) in [5.74, 6) is 1.91. The lowest BCUT2D eigenvalue weighted by Gasteiger charge is -2.37. The van der Waals surface area contributed by atoms with Gasteiger partial charge in [-0.05, 0) is 18.8 Å². The molecule has 4 heteroatoms. The maximum absolute atomic E-state index is 5.13. The van der Waals surface area contributed by atoms with Crippen molar-refractivity contribution in [1.29, 1.82) is 0 Å². The van der Waals surface area contributed by atoms with E-state index in [2.05, 4.69) is 64.4 Å². The standard InChI is InChI=1S/C27H32N4/c1-4-10-22(11-5-1)21-30-16-18-31(19-17-30)25-20-28-26(23-12-6-2-7-13-23)27(29-25)24-14-8-3-9-15-24/h2-3,6-9,12-15,20,22H,1,4-5,10-11,16-19,21H2. The summed E-state index contributed by atoms with van der Waals surface area (Å²) in [5, 5.41) is 0. The molecule has 2 heterocycles. The van der Waals surface area contributed by atoms with Crippen molar-refractivity contribution in [3.8, 4) is 22.5 Å². The summed E-state index contributed by atoms with van der Waals surface area (Å²) in [6.45, 7) is 5.58. The highest BCUT2D eigenvalue weighted by Crippen LogP contribution is 2.31. The van der Waals surface area contributed by atoms with Gasteiger partial charge in [0.05, 0.1) is 17.6 Å². The maximum atomic E-state index is 5.13. The van der Waals surface area contributed by atoms with Crippen molar-refractivity contribution in [2.45, 2.75) is 32.1 Å². The van der Waals surface area contributed by atoms with E-state index in [1.165, 1.54) is 38.6 Å². The average molecular weight is 413 g/mol. The smallest absolute Gasteiger partial charge is 0.147 e. The van der Waals surface area contributed by atoms with E-state index in [1.807, 2.05) is 12.3 Å². The first-order valence-electron chi connectivity index (χ1n) is 11.8. The van der Waals surface area contributed by atoms with Crippen molar-refractivity contribution in [2.24, 2.45) is 5.92 Å². The number of benzene rings is 2. The Balaban J connectivity index is 1.34. The average Bonchev–Trinajstić information content (AvgIpc) is 2.86. The number of anilines is 1. The lowest BCUT2D eigenvalue weighted by molar-refractivity contribution is 0.191. The molecule has 2 aromatic carbocycles. The van der Waals surface area contributed by atoms with Gasteiger partial charge in [-0.1, -0.05) is 79.9 Å². The van der Waals surface area contributed by atoms with Crippen LogP contribution in [0.25, 0.3) is 22.5 Å². The molecule has 0 amide bonds. The van der Waals surface area contributed by atoms with E-state index in [0.29, 0.717) is 0 Å². The SMILES string of the molecule is c1ccc(-c2ncc(N3CCN(CC4CCCCC4)CC3)nc2-c2ccccc2)cc1. The van der Waals surface area contributed by atoms with Gasteiger partial charge in [0.1, 0.15) is 5.82 Å². The predicted molar refractivity (Wildman–Crippen MR) is 128 cm³/mol. The van der Waals surface area contributed by atoms with Crippen LogP contribution < -0.4 is 4.90 Å². The van der Waals surface area contributed by atoms with Crippen molar-refractivity contribution in [2.75, 3.05) is 37.6 Å². The summed E-state index contributed by atoms with van der Waals surface area (Å²) in [6.07, 6.45) is 9.10. The van der Waals surface area contributed by atoms with Crippen molar-refractivity contribution in [3.05, 3.63) is 66.9 Å². The number of rotatable bonds is 5. The molecule has 0 unspecified atom stereocenters. The summed E-state index contributed by atoms with van der Waals surface area (Å²) in [7, 11) is 0. The van der Waals surface area contributed by atoms with Crippen LogP contribution in [0.15, 0.2) is 66.9 Å². The summed E-state index contributed by atoms with van der Waals surface area (Å²) in [5.41, 5.74) is 4.14. The van der Waals surface area contributed by atoms with Crippen LogP contribution in [0.5, 0.6) is 0 Å². The van der Waals surface area contributed by atoms with E-state index in [-0.39, 0.29) is 0 Å². The molecule has 3 aromatic rings. The van der Waals surface area contributed by atoms with Gasteiger partial charge in [0.15, 0.2) is 0 Å². The van der Waals surface area contributed by atoms with E-state index < -0.39 is 0 Å². The van der Waals surface area contributed by atoms with Crippen LogP contribution >= 0.6 is 0 Å². The third-order valence-electron chi connectivity index (χ3n) is 6.79. The largest absolute Gasteiger partial charge is 0.353 e. The Morgan fingerprint density at radius 1 is 0.710 bits per heavy atom. The summed E-state index contributed by atoms with van der Waals surface area (Å²) in [4.78, 5) is 15.1. The van der Waals surface area contributed by atoms with Gasteiger partial charge in [-0.3, -0.25) is 9.88 Å². The molecule has 0 radical (unpaired) electrons. The minimum atomic E-state index is 0.912.